The molecule has 2 nitrogen and oxygen atoms in total. The van der Waals surface area contributed by atoms with Gasteiger partial charge in [-0.3, -0.25) is 4.90 Å². The molecule has 0 N–H and O–H groups in total. The van der Waals surface area contributed by atoms with E-state index in [-0.39, 0.29) is 0 Å². The third kappa shape index (κ3) is 2.95. The number of likely N-dealkylation sites (tertiary alicyclic amines) is 1. The van der Waals surface area contributed by atoms with Crippen molar-refractivity contribution < 1.29 is 4.74 Å². The maximum absolute atomic E-state index is 5.59. The molecule has 0 spiro atoms. The topological polar surface area (TPSA) is 12.5 Å². The molecular weight excluding hydrogens is 294 g/mol. The Hall–Kier alpha value is -1.80. The molecule has 126 valence electrons. The molecule has 1 fully saturated rings. The highest BCUT2D eigenvalue weighted by molar-refractivity contribution is 5.45. The first kappa shape index (κ1) is 15.7. The summed E-state index contributed by atoms with van der Waals surface area (Å²) in [5.41, 5.74) is 4.48. The second-order valence-corrected chi connectivity index (χ2v) is 7.15. The van der Waals surface area contributed by atoms with E-state index in [2.05, 4.69) is 53.4 Å². The van der Waals surface area contributed by atoms with E-state index in [1.807, 2.05) is 0 Å². The van der Waals surface area contributed by atoms with Crippen LogP contribution in [-0.4, -0.2) is 31.1 Å². The zero-order valence-electron chi connectivity index (χ0n) is 14.6. The van der Waals surface area contributed by atoms with Crippen molar-refractivity contribution in [3.63, 3.8) is 0 Å². The standard InChI is InChI=1S/C22H27NO/c1-24-22-11-5-10-18-19-14-16-23(21(19)13-12-20(18)22)15-6-9-17-7-3-2-4-8-17/h2-5,7-8,10-11,19,21H,6,9,12-16H2,1H3/t19-,21+/m1/s1. The summed E-state index contributed by atoms with van der Waals surface area (Å²) in [5, 5.41) is 0. The largest absolute Gasteiger partial charge is 0.496 e. The normalized spacial score (nSPS) is 22.9. The third-order valence-electron chi connectivity index (χ3n) is 5.89. The van der Waals surface area contributed by atoms with E-state index in [0.29, 0.717) is 5.92 Å². The predicted octanol–water partition coefficient (Wildman–Crippen LogP) is 4.43. The van der Waals surface area contributed by atoms with Gasteiger partial charge in [-0.05, 0) is 68.0 Å². The SMILES string of the molecule is COc1cccc2c1CC[C@H]1[C@@H]2CCN1CCCc1ccccc1. The number of nitrogens with zero attached hydrogens (tertiary/aromatic N) is 1. The van der Waals surface area contributed by atoms with Gasteiger partial charge in [0, 0.05) is 12.0 Å². The van der Waals surface area contributed by atoms with Gasteiger partial charge in [0.1, 0.15) is 5.75 Å². The Morgan fingerprint density at radius 2 is 1.92 bits per heavy atom. The highest BCUT2D eigenvalue weighted by Crippen LogP contribution is 2.44. The van der Waals surface area contributed by atoms with Crippen LogP contribution in [0.15, 0.2) is 48.5 Å². The van der Waals surface area contributed by atoms with Gasteiger partial charge in [-0.25, -0.2) is 0 Å². The van der Waals surface area contributed by atoms with Gasteiger partial charge in [-0.15, -0.1) is 0 Å². The summed E-state index contributed by atoms with van der Waals surface area (Å²) < 4.78 is 5.59. The van der Waals surface area contributed by atoms with Crippen LogP contribution in [0.5, 0.6) is 5.75 Å². The molecule has 1 aliphatic carbocycles. The first-order valence-electron chi connectivity index (χ1n) is 9.30. The molecule has 2 atom stereocenters. The fourth-order valence-corrected chi connectivity index (χ4v) is 4.75. The number of rotatable bonds is 5. The van der Waals surface area contributed by atoms with E-state index in [0.717, 1.165) is 18.2 Å². The number of ether oxygens (including phenoxy) is 1. The van der Waals surface area contributed by atoms with Gasteiger partial charge in [0.15, 0.2) is 0 Å². The molecule has 2 aliphatic rings. The molecule has 0 aromatic heterocycles. The Morgan fingerprint density at radius 3 is 2.75 bits per heavy atom. The smallest absolute Gasteiger partial charge is 0.122 e. The van der Waals surface area contributed by atoms with E-state index in [4.69, 9.17) is 4.74 Å². The minimum Gasteiger partial charge on any atom is -0.496 e. The molecule has 0 unspecified atom stereocenters. The highest BCUT2D eigenvalue weighted by Gasteiger charge is 2.38. The number of fused-ring (bicyclic) bond motifs is 3. The van der Waals surface area contributed by atoms with Gasteiger partial charge >= 0.3 is 0 Å². The van der Waals surface area contributed by atoms with E-state index in [1.54, 1.807) is 12.7 Å². The summed E-state index contributed by atoms with van der Waals surface area (Å²) >= 11 is 0. The Bertz CT molecular complexity index is 682. The van der Waals surface area contributed by atoms with Gasteiger partial charge in [0.05, 0.1) is 7.11 Å². The fourth-order valence-electron chi connectivity index (χ4n) is 4.75. The molecule has 0 bridgehead atoms. The van der Waals surface area contributed by atoms with Crippen molar-refractivity contribution in [2.45, 2.75) is 44.1 Å². The van der Waals surface area contributed by atoms with Crippen molar-refractivity contribution >= 4 is 0 Å². The van der Waals surface area contributed by atoms with Gasteiger partial charge in [0.25, 0.3) is 0 Å². The lowest BCUT2D eigenvalue weighted by atomic mass is 9.79. The number of methoxy groups -OCH3 is 1. The number of hydrogen-bond donors (Lipinski definition) is 0. The Kier molecular flexibility index (Phi) is 4.57. The number of aryl methyl sites for hydroxylation is 1. The summed E-state index contributed by atoms with van der Waals surface area (Å²) in [6.45, 7) is 2.48. The zero-order valence-corrected chi connectivity index (χ0v) is 14.6. The number of benzene rings is 2. The average Bonchev–Trinajstić information content (AvgIpc) is 3.05. The molecule has 0 amide bonds. The Balaban J connectivity index is 1.41. The Morgan fingerprint density at radius 1 is 1.04 bits per heavy atom. The summed E-state index contributed by atoms with van der Waals surface area (Å²) in [7, 11) is 1.80. The minimum absolute atomic E-state index is 0.709. The van der Waals surface area contributed by atoms with Crippen molar-refractivity contribution in [2.24, 2.45) is 0 Å². The van der Waals surface area contributed by atoms with Crippen molar-refractivity contribution in [1.82, 2.24) is 4.90 Å². The van der Waals surface area contributed by atoms with Crippen LogP contribution in [0, 0.1) is 0 Å². The molecule has 24 heavy (non-hydrogen) atoms. The van der Waals surface area contributed by atoms with Crippen LogP contribution < -0.4 is 4.74 Å². The van der Waals surface area contributed by atoms with Crippen molar-refractivity contribution in [2.75, 3.05) is 20.2 Å². The minimum atomic E-state index is 0.709. The Labute approximate surface area is 145 Å². The molecule has 2 aromatic rings. The summed E-state index contributed by atoms with van der Waals surface area (Å²) in [6, 6.07) is 18.2. The number of hydrogen-bond acceptors (Lipinski definition) is 2. The van der Waals surface area contributed by atoms with E-state index in [9.17, 15) is 0 Å². The zero-order chi connectivity index (χ0) is 16.4. The molecule has 1 aliphatic heterocycles. The van der Waals surface area contributed by atoms with Crippen LogP contribution in [-0.2, 0) is 12.8 Å². The summed E-state index contributed by atoms with van der Waals surface area (Å²) in [5.74, 6) is 1.80. The highest BCUT2D eigenvalue weighted by atomic mass is 16.5. The van der Waals surface area contributed by atoms with Crippen molar-refractivity contribution in [3.8, 4) is 5.75 Å². The maximum Gasteiger partial charge on any atom is 0.122 e. The van der Waals surface area contributed by atoms with Crippen LogP contribution in [0.4, 0.5) is 0 Å². The second-order valence-electron chi connectivity index (χ2n) is 7.15. The van der Waals surface area contributed by atoms with Crippen LogP contribution >= 0.6 is 0 Å². The van der Waals surface area contributed by atoms with Crippen molar-refractivity contribution in [1.29, 1.82) is 0 Å². The molecule has 1 saturated heterocycles. The van der Waals surface area contributed by atoms with Gasteiger partial charge < -0.3 is 4.74 Å². The first-order valence-corrected chi connectivity index (χ1v) is 9.30. The molecule has 1 heterocycles. The first-order chi connectivity index (χ1) is 11.9. The van der Waals surface area contributed by atoms with Gasteiger partial charge in [0.2, 0.25) is 0 Å². The fraction of sp³-hybridized carbons (Fsp3) is 0.455. The monoisotopic (exact) mass is 321 g/mol. The lowest BCUT2D eigenvalue weighted by Gasteiger charge is -2.34. The summed E-state index contributed by atoms with van der Waals surface area (Å²) in [4.78, 5) is 2.75. The maximum atomic E-state index is 5.59. The van der Waals surface area contributed by atoms with E-state index in [1.165, 1.54) is 49.9 Å². The molecule has 4 rings (SSSR count). The van der Waals surface area contributed by atoms with Crippen LogP contribution in [0.3, 0.4) is 0 Å². The van der Waals surface area contributed by atoms with Gasteiger partial charge in [-0.1, -0.05) is 42.5 Å². The lowest BCUT2D eigenvalue weighted by molar-refractivity contribution is 0.223. The molecular formula is C22H27NO. The third-order valence-corrected chi connectivity index (χ3v) is 5.89. The quantitative estimate of drug-likeness (QED) is 0.807. The predicted molar refractivity (Wildman–Crippen MR) is 98.8 cm³/mol. The lowest BCUT2D eigenvalue weighted by Crippen LogP contribution is -2.36. The van der Waals surface area contributed by atoms with Gasteiger partial charge in [-0.2, -0.15) is 0 Å². The van der Waals surface area contributed by atoms with Crippen LogP contribution in [0.1, 0.15) is 41.9 Å². The second kappa shape index (κ2) is 6.98. The van der Waals surface area contributed by atoms with Crippen LogP contribution in [0.25, 0.3) is 0 Å². The average molecular weight is 321 g/mol. The van der Waals surface area contributed by atoms with E-state index >= 15 is 0 Å². The van der Waals surface area contributed by atoms with E-state index < -0.39 is 0 Å². The van der Waals surface area contributed by atoms with Crippen LogP contribution in [0.2, 0.25) is 0 Å². The molecule has 0 saturated carbocycles. The molecule has 2 aromatic carbocycles. The van der Waals surface area contributed by atoms with Crippen molar-refractivity contribution in [3.05, 3.63) is 65.2 Å². The molecule has 0 radical (unpaired) electrons. The molecule has 2 heteroatoms. The summed E-state index contributed by atoms with van der Waals surface area (Å²) in [6.07, 6.45) is 6.20.